The Balaban J connectivity index is 2.55. The van der Waals surface area contributed by atoms with E-state index < -0.39 is 0 Å². The number of carbonyl (C=O) groups excluding carboxylic acids is 1. The van der Waals surface area contributed by atoms with E-state index in [9.17, 15) is 4.79 Å². The van der Waals surface area contributed by atoms with Crippen LogP contribution in [0.3, 0.4) is 0 Å². The molecule has 0 aliphatic heterocycles. The number of aliphatic hydroxyl groups excluding tert-OH is 1. The highest BCUT2D eigenvalue weighted by atomic mass is 32.2. The van der Waals surface area contributed by atoms with E-state index in [1.807, 2.05) is 24.3 Å². The molecule has 0 spiro atoms. The zero-order chi connectivity index (χ0) is 14.5. The molecule has 3 N–H and O–H groups in total. The molecule has 0 fully saturated rings. The Bertz CT molecular complexity index is 412. The number of urea groups is 1. The van der Waals surface area contributed by atoms with Gasteiger partial charge in [-0.05, 0) is 31.2 Å². The summed E-state index contributed by atoms with van der Waals surface area (Å²) in [5.41, 5.74) is 0.737. The Morgan fingerprint density at radius 2 is 1.89 bits per heavy atom. The van der Waals surface area contributed by atoms with Gasteiger partial charge in [-0.1, -0.05) is 20.8 Å². The van der Waals surface area contributed by atoms with Crippen LogP contribution < -0.4 is 10.6 Å². The average molecular weight is 282 g/mol. The van der Waals surface area contributed by atoms with Crippen molar-refractivity contribution in [2.45, 2.75) is 43.4 Å². The SMILES string of the molecule is CC(CO)NC(=O)Nc1ccc(SC(C)(C)C)cc1. The highest BCUT2D eigenvalue weighted by Crippen LogP contribution is 2.32. The van der Waals surface area contributed by atoms with Gasteiger partial charge in [-0.3, -0.25) is 0 Å². The monoisotopic (exact) mass is 282 g/mol. The van der Waals surface area contributed by atoms with Crippen LogP contribution in [-0.2, 0) is 0 Å². The molecule has 106 valence electrons. The van der Waals surface area contributed by atoms with Gasteiger partial charge in [0.2, 0.25) is 0 Å². The fourth-order valence-corrected chi connectivity index (χ4v) is 2.38. The molecule has 0 aliphatic carbocycles. The number of benzene rings is 1. The molecule has 1 rings (SSSR count). The van der Waals surface area contributed by atoms with Crippen LogP contribution in [0.2, 0.25) is 0 Å². The van der Waals surface area contributed by atoms with Gasteiger partial charge in [0.15, 0.2) is 0 Å². The molecule has 19 heavy (non-hydrogen) atoms. The number of thioether (sulfide) groups is 1. The van der Waals surface area contributed by atoms with Crippen LogP contribution in [0, 0.1) is 0 Å². The maximum atomic E-state index is 11.6. The Labute approximate surface area is 119 Å². The second kappa shape index (κ2) is 6.82. The smallest absolute Gasteiger partial charge is 0.319 e. The molecular weight excluding hydrogens is 260 g/mol. The maximum absolute atomic E-state index is 11.6. The number of aliphatic hydroxyl groups is 1. The summed E-state index contributed by atoms with van der Waals surface area (Å²) < 4.78 is 0.170. The zero-order valence-corrected chi connectivity index (χ0v) is 12.7. The largest absolute Gasteiger partial charge is 0.394 e. The van der Waals surface area contributed by atoms with Crippen LogP contribution >= 0.6 is 11.8 Å². The van der Waals surface area contributed by atoms with E-state index in [0.29, 0.717) is 0 Å². The molecule has 1 atom stereocenters. The zero-order valence-electron chi connectivity index (χ0n) is 11.9. The minimum absolute atomic E-state index is 0.0748. The molecule has 0 aromatic heterocycles. The second-order valence-corrected chi connectivity index (χ2v) is 7.32. The average Bonchev–Trinajstić information content (AvgIpc) is 2.29. The molecule has 5 heteroatoms. The third kappa shape index (κ3) is 6.50. The molecular formula is C14H22N2O2S. The van der Waals surface area contributed by atoms with Crippen molar-refractivity contribution in [1.29, 1.82) is 0 Å². The fraction of sp³-hybridized carbons (Fsp3) is 0.500. The van der Waals surface area contributed by atoms with Crippen molar-refractivity contribution in [1.82, 2.24) is 5.32 Å². The van der Waals surface area contributed by atoms with E-state index in [-0.39, 0.29) is 23.4 Å². The van der Waals surface area contributed by atoms with Crippen LogP contribution in [0.15, 0.2) is 29.2 Å². The first-order chi connectivity index (χ1) is 8.80. The van der Waals surface area contributed by atoms with Crippen molar-refractivity contribution in [3.05, 3.63) is 24.3 Å². The Morgan fingerprint density at radius 3 is 2.37 bits per heavy atom. The van der Waals surface area contributed by atoms with E-state index >= 15 is 0 Å². The van der Waals surface area contributed by atoms with Crippen LogP contribution in [-0.4, -0.2) is 28.5 Å². The van der Waals surface area contributed by atoms with Crippen molar-refractivity contribution >= 4 is 23.5 Å². The van der Waals surface area contributed by atoms with Crippen molar-refractivity contribution in [3.8, 4) is 0 Å². The maximum Gasteiger partial charge on any atom is 0.319 e. The fourth-order valence-electron chi connectivity index (χ4n) is 1.40. The van der Waals surface area contributed by atoms with Gasteiger partial charge >= 0.3 is 6.03 Å². The van der Waals surface area contributed by atoms with Gasteiger partial charge in [-0.15, -0.1) is 11.8 Å². The third-order valence-electron chi connectivity index (χ3n) is 2.19. The van der Waals surface area contributed by atoms with E-state index in [1.54, 1.807) is 18.7 Å². The minimum Gasteiger partial charge on any atom is -0.394 e. The van der Waals surface area contributed by atoms with E-state index in [1.165, 1.54) is 4.90 Å². The normalized spacial score (nSPS) is 12.9. The van der Waals surface area contributed by atoms with Gasteiger partial charge in [-0.25, -0.2) is 4.79 Å². The molecule has 0 bridgehead atoms. The molecule has 4 nitrogen and oxygen atoms in total. The molecule has 1 aromatic rings. The van der Waals surface area contributed by atoms with Crippen molar-refractivity contribution in [3.63, 3.8) is 0 Å². The topological polar surface area (TPSA) is 61.4 Å². The van der Waals surface area contributed by atoms with Crippen LogP contribution in [0.1, 0.15) is 27.7 Å². The number of anilines is 1. The summed E-state index contributed by atoms with van der Waals surface area (Å²) in [6, 6.07) is 7.16. The summed E-state index contributed by atoms with van der Waals surface area (Å²) in [5.74, 6) is 0. The van der Waals surface area contributed by atoms with Gasteiger partial charge in [0.1, 0.15) is 0 Å². The lowest BCUT2D eigenvalue weighted by atomic mass is 10.3. The number of amides is 2. The first-order valence-corrected chi connectivity index (χ1v) is 7.09. The summed E-state index contributed by atoms with van der Waals surface area (Å²) in [7, 11) is 0. The third-order valence-corrected chi connectivity index (χ3v) is 3.31. The number of hydrogen-bond acceptors (Lipinski definition) is 3. The Kier molecular flexibility index (Phi) is 5.69. The minimum atomic E-state index is -0.308. The van der Waals surface area contributed by atoms with Crippen LogP contribution in [0.5, 0.6) is 0 Å². The molecule has 1 aromatic carbocycles. The van der Waals surface area contributed by atoms with Crippen LogP contribution in [0.25, 0.3) is 0 Å². The van der Waals surface area contributed by atoms with Gasteiger partial charge in [0, 0.05) is 15.3 Å². The van der Waals surface area contributed by atoms with E-state index in [4.69, 9.17) is 5.11 Å². The molecule has 0 saturated carbocycles. The number of carbonyl (C=O) groups is 1. The van der Waals surface area contributed by atoms with Crippen LogP contribution in [0.4, 0.5) is 10.5 Å². The summed E-state index contributed by atoms with van der Waals surface area (Å²) in [4.78, 5) is 12.7. The lowest BCUT2D eigenvalue weighted by molar-refractivity contribution is 0.229. The number of nitrogens with one attached hydrogen (secondary N) is 2. The summed E-state index contributed by atoms with van der Waals surface area (Å²) in [6.45, 7) is 8.14. The predicted octanol–water partition coefficient (Wildman–Crippen LogP) is 3.08. The van der Waals surface area contributed by atoms with Crippen molar-refractivity contribution in [2.24, 2.45) is 0 Å². The molecule has 0 aliphatic rings. The second-order valence-electron chi connectivity index (χ2n) is 5.42. The lowest BCUT2D eigenvalue weighted by Crippen LogP contribution is -2.38. The van der Waals surface area contributed by atoms with Gasteiger partial charge in [-0.2, -0.15) is 0 Å². The van der Waals surface area contributed by atoms with Gasteiger partial charge in [0.05, 0.1) is 12.6 Å². The highest BCUT2D eigenvalue weighted by Gasteiger charge is 2.12. The summed E-state index contributed by atoms with van der Waals surface area (Å²) in [5, 5.41) is 14.2. The summed E-state index contributed by atoms with van der Waals surface area (Å²) >= 11 is 1.78. The number of rotatable bonds is 4. The Morgan fingerprint density at radius 1 is 1.32 bits per heavy atom. The molecule has 2 amide bonds. The van der Waals surface area contributed by atoms with Crippen molar-refractivity contribution < 1.29 is 9.90 Å². The molecule has 0 heterocycles. The predicted molar refractivity (Wildman–Crippen MR) is 80.8 cm³/mol. The first-order valence-electron chi connectivity index (χ1n) is 6.27. The standard InChI is InChI=1S/C14H22N2O2S/c1-10(9-17)15-13(18)16-11-5-7-12(8-6-11)19-14(2,3)4/h5-8,10,17H,9H2,1-4H3,(H2,15,16,18). The Hall–Kier alpha value is -1.20. The molecule has 1 unspecified atom stereocenters. The molecule has 0 saturated heterocycles. The van der Waals surface area contributed by atoms with Gasteiger partial charge < -0.3 is 15.7 Å². The molecule has 0 radical (unpaired) electrons. The van der Waals surface area contributed by atoms with Gasteiger partial charge in [0.25, 0.3) is 0 Å². The van der Waals surface area contributed by atoms with E-state index in [2.05, 4.69) is 31.4 Å². The number of hydrogen-bond donors (Lipinski definition) is 3. The quantitative estimate of drug-likeness (QED) is 0.744. The van der Waals surface area contributed by atoms with E-state index in [0.717, 1.165) is 5.69 Å². The highest BCUT2D eigenvalue weighted by molar-refractivity contribution is 8.00. The lowest BCUT2D eigenvalue weighted by Gasteiger charge is -2.17. The summed E-state index contributed by atoms with van der Waals surface area (Å²) in [6.07, 6.45) is 0. The first kappa shape index (κ1) is 15.9. The van der Waals surface area contributed by atoms with Crippen molar-refractivity contribution in [2.75, 3.05) is 11.9 Å².